The summed E-state index contributed by atoms with van der Waals surface area (Å²) in [5.41, 5.74) is 6.36. The van der Waals surface area contributed by atoms with Crippen LogP contribution in [0.4, 0.5) is 11.5 Å². The van der Waals surface area contributed by atoms with Crippen molar-refractivity contribution in [3.8, 4) is 5.88 Å². The molecule has 1 aliphatic carbocycles. The van der Waals surface area contributed by atoms with Crippen molar-refractivity contribution in [1.29, 1.82) is 0 Å². The maximum atomic E-state index is 5.76. The van der Waals surface area contributed by atoms with Crippen molar-refractivity contribution in [2.75, 3.05) is 24.2 Å². The van der Waals surface area contributed by atoms with Gasteiger partial charge < -0.3 is 15.8 Å². The highest BCUT2D eigenvalue weighted by Gasteiger charge is 2.19. The van der Waals surface area contributed by atoms with Gasteiger partial charge in [-0.1, -0.05) is 12.8 Å². The first-order valence-corrected chi connectivity index (χ1v) is 6.42. The highest BCUT2D eigenvalue weighted by Crippen LogP contribution is 2.33. The van der Waals surface area contributed by atoms with Gasteiger partial charge in [-0.3, -0.25) is 0 Å². The summed E-state index contributed by atoms with van der Waals surface area (Å²) in [5.74, 6) is 2.37. The third-order valence-electron chi connectivity index (χ3n) is 2.96. The van der Waals surface area contributed by atoms with Gasteiger partial charge in [0, 0.05) is 6.54 Å². The average Bonchev–Trinajstić information content (AvgIpc) is 3.13. The number of pyridine rings is 1. The molecule has 0 spiro atoms. The third kappa shape index (κ3) is 3.80. The maximum absolute atomic E-state index is 5.76. The zero-order chi connectivity index (χ0) is 12.1. The fourth-order valence-corrected chi connectivity index (χ4v) is 1.82. The number of hydrogen-bond donors (Lipinski definition) is 2. The Morgan fingerprint density at radius 3 is 3.00 bits per heavy atom. The highest BCUT2D eigenvalue weighted by atomic mass is 16.5. The molecule has 1 aromatic heterocycles. The Morgan fingerprint density at radius 1 is 1.47 bits per heavy atom. The number of rotatable bonds is 7. The summed E-state index contributed by atoms with van der Waals surface area (Å²) in [6.07, 6.45) is 5.39. The molecule has 0 bridgehead atoms. The minimum absolute atomic E-state index is 0.527. The number of aromatic nitrogens is 1. The van der Waals surface area contributed by atoms with Crippen LogP contribution >= 0.6 is 0 Å². The molecule has 0 aliphatic heterocycles. The molecule has 1 heterocycles. The van der Waals surface area contributed by atoms with Crippen LogP contribution in [0.15, 0.2) is 12.1 Å². The van der Waals surface area contributed by atoms with Crippen LogP contribution in [0.1, 0.15) is 32.6 Å². The van der Waals surface area contributed by atoms with E-state index >= 15 is 0 Å². The molecular formula is C13H21N3O. The lowest BCUT2D eigenvalue weighted by molar-refractivity contribution is 0.329. The first-order valence-electron chi connectivity index (χ1n) is 6.42. The molecule has 3 N–H and O–H groups in total. The lowest BCUT2D eigenvalue weighted by atomic mass is 10.2. The predicted molar refractivity (Wildman–Crippen MR) is 70.3 cm³/mol. The van der Waals surface area contributed by atoms with Crippen LogP contribution in [0.5, 0.6) is 5.88 Å². The summed E-state index contributed by atoms with van der Waals surface area (Å²) >= 11 is 0. The smallest absolute Gasteiger partial charge is 0.239 e. The molecule has 0 saturated heterocycles. The predicted octanol–water partition coefficient (Wildman–Crippen LogP) is 2.66. The average molecular weight is 235 g/mol. The van der Waals surface area contributed by atoms with Gasteiger partial charge in [-0.15, -0.1) is 0 Å². The Balaban J connectivity index is 1.79. The van der Waals surface area contributed by atoms with E-state index in [0.717, 1.165) is 18.3 Å². The van der Waals surface area contributed by atoms with Gasteiger partial charge in [0.2, 0.25) is 5.88 Å². The summed E-state index contributed by atoms with van der Waals surface area (Å²) in [4.78, 5) is 4.34. The summed E-state index contributed by atoms with van der Waals surface area (Å²) in [6, 6.07) is 3.73. The Labute approximate surface area is 103 Å². The first kappa shape index (κ1) is 12.0. The van der Waals surface area contributed by atoms with Gasteiger partial charge in [0.25, 0.3) is 0 Å². The van der Waals surface area contributed by atoms with Crippen molar-refractivity contribution in [2.24, 2.45) is 5.92 Å². The molecule has 0 radical (unpaired) electrons. The van der Waals surface area contributed by atoms with Crippen molar-refractivity contribution in [3.63, 3.8) is 0 Å². The molecule has 0 aromatic carbocycles. The van der Waals surface area contributed by atoms with Gasteiger partial charge in [-0.05, 0) is 37.8 Å². The van der Waals surface area contributed by atoms with Gasteiger partial charge >= 0.3 is 0 Å². The lowest BCUT2D eigenvalue weighted by Crippen LogP contribution is -2.06. The zero-order valence-corrected chi connectivity index (χ0v) is 10.4. The van der Waals surface area contributed by atoms with Crippen LogP contribution in [-0.2, 0) is 0 Å². The summed E-state index contributed by atoms with van der Waals surface area (Å²) in [7, 11) is 0. The second kappa shape index (κ2) is 5.75. The Hall–Kier alpha value is -1.45. The molecule has 4 heteroatoms. The normalized spacial score (nSPS) is 14.6. The zero-order valence-electron chi connectivity index (χ0n) is 10.4. The van der Waals surface area contributed by atoms with Gasteiger partial charge in [-0.25, -0.2) is 0 Å². The van der Waals surface area contributed by atoms with Crippen LogP contribution in [-0.4, -0.2) is 18.1 Å². The molecule has 0 atom stereocenters. The van der Waals surface area contributed by atoms with Crippen LogP contribution in [0.25, 0.3) is 0 Å². The first-order chi connectivity index (χ1) is 8.29. The van der Waals surface area contributed by atoms with Crippen LogP contribution < -0.4 is 15.8 Å². The monoisotopic (exact) mass is 235 g/mol. The minimum atomic E-state index is 0.527. The summed E-state index contributed by atoms with van der Waals surface area (Å²) in [5, 5.41) is 3.31. The van der Waals surface area contributed by atoms with Crippen LogP contribution in [0.3, 0.4) is 0 Å². The number of nitrogens with one attached hydrogen (secondary N) is 1. The Kier molecular flexibility index (Phi) is 4.07. The van der Waals surface area contributed by atoms with E-state index in [9.17, 15) is 0 Å². The van der Waals surface area contributed by atoms with E-state index in [-0.39, 0.29) is 0 Å². The van der Waals surface area contributed by atoms with Crippen molar-refractivity contribution >= 4 is 11.5 Å². The third-order valence-corrected chi connectivity index (χ3v) is 2.96. The number of hydrogen-bond acceptors (Lipinski definition) is 4. The van der Waals surface area contributed by atoms with E-state index in [1.165, 1.54) is 25.7 Å². The fraction of sp³-hybridized carbons (Fsp3) is 0.615. The number of nitrogens with zero attached hydrogens (tertiary/aromatic N) is 1. The number of nitrogens with two attached hydrogens (primary N) is 1. The van der Waals surface area contributed by atoms with E-state index in [1.807, 2.05) is 19.1 Å². The van der Waals surface area contributed by atoms with E-state index < -0.39 is 0 Å². The molecule has 1 saturated carbocycles. The van der Waals surface area contributed by atoms with Crippen molar-refractivity contribution in [2.45, 2.75) is 32.6 Å². The van der Waals surface area contributed by atoms with Crippen molar-refractivity contribution < 1.29 is 4.74 Å². The largest absolute Gasteiger partial charge is 0.476 e. The Morgan fingerprint density at radius 2 is 2.29 bits per heavy atom. The highest BCUT2D eigenvalue weighted by molar-refractivity contribution is 5.53. The SMILES string of the molecule is CCOc1nc(NCCCC2CC2)ccc1N. The van der Waals surface area contributed by atoms with Crippen molar-refractivity contribution in [3.05, 3.63) is 12.1 Å². The second-order valence-electron chi connectivity index (χ2n) is 4.54. The van der Waals surface area contributed by atoms with Crippen LogP contribution in [0, 0.1) is 5.92 Å². The molecular weight excluding hydrogens is 214 g/mol. The molecule has 4 nitrogen and oxygen atoms in total. The van der Waals surface area contributed by atoms with E-state index in [2.05, 4.69) is 10.3 Å². The Bertz CT molecular complexity index is 364. The summed E-state index contributed by atoms with van der Waals surface area (Å²) < 4.78 is 5.36. The van der Waals surface area contributed by atoms with Crippen LogP contribution in [0.2, 0.25) is 0 Å². The molecule has 1 aromatic rings. The second-order valence-corrected chi connectivity index (χ2v) is 4.54. The topological polar surface area (TPSA) is 60.2 Å². The molecule has 94 valence electrons. The molecule has 0 unspecified atom stereocenters. The number of anilines is 2. The standard InChI is InChI=1S/C13H21N3O/c1-2-17-13-11(14)7-8-12(16-13)15-9-3-4-10-5-6-10/h7-8,10H,2-6,9,14H2,1H3,(H,15,16). The number of ether oxygens (including phenoxy) is 1. The van der Waals surface area contributed by atoms with E-state index in [4.69, 9.17) is 10.5 Å². The molecule has 2 rings (SSSR count). The lowest BCUT2D eigenvalue weighted by Gasteiger charge is -2.09. The molecule has 1 fully saturated rings. The molecule has 1 aliphatic rings. The number of nitrogen functional groups attached to an aromatic ring is 1. The van der Waals surface area contributed by atoms with E-state index in [0.29, 0.717) is 18.2 Å². The van der Waals surface area contributed by atoms with Gasteiger partial charge in [0.15, 0.2) is 0 Å². The maximum Gasteiger partial charge on any atom is 0.239 e. The fourth-order valence-electron chi connectivity index (χ4n) is 1.82. The molecule has 0 amide bonds. The quantitative estimate of drug-likeness (QED) is 0.713. The summed E-state index contributed by atoms with van der Waals surface area (Å²) in [6.45, 7) is 3.48. The minimum Gasteiger partial charge on any atom is -0.476 e. The molecule has 17 heavy (non-hydrogen) atoms. The van der Waals surface area contributed by atoms with Gasteiger partial charge in [0.05, 0.1) is 12.3 Å². The van der Waals surface area contributed by atoms with E-state index in [1.54, 1.807) is 0 Å². The van der Waals surface area contributed by atoms with Crippen molar-refractivity contribution in [1.82, 2.24) is 4.98 Å². The van der Waals surface area contributed by atoms with Gasteiger partial charge in [0.1, 0.15) is 5.82 Å². The van der Waals surface area contributed by atoms with Gasteiger partial charge in [-0.2, -0.15) is 4.98 Å².